The maximum Gasteiger partial charge on any atom is 0.252 e. The number of nitrogens with one attached hydrogen (secondary N) is 1. The van der Waals surface area contributed by atoms with Crippen LogP contribution in [0.1, 0.15) is 29.6 Å². The highest BCUT2D eigenvalue weighted by Gasteiger charge is 2.42. The zero-order valence-corrected chi connectivity index (χ0v) is 13.4. The standard InChI is InChI=1S/C14H18BrNO2S/c1-18-7-6-14(4-5-14)9-16-13(17)11-8-10(19)2-3-12(11)15/h2-3,8,19H,4-7,9H2,1H3,(H,16,17). The molecule has 1 N–H and O–H groups in total. The number of thiol groups is 1. The Balaban J connectivity index is 1.93. The lowest BCUT2D eigenvalue weighted by atomic mass is 10.0. The molecule has 1 saturated carbocycles. The largest absolute Gasteiger partial charge is 0.385 e. The Morgan fingerprint density at radius 2 is 2.26 bits per heavy atom. The number of amides is 1. The van der Waals surface area contributed by atoms with Crippen molar-refractivity contribution < 1.29 is 9.53 Å². The van der Waals surface area contributed by atoms with Crippen molar-refractivity contribution in [2.24, 2.45) is 5.41 Å². The fraction of sp³-hybridized carbons (Fsp3) is 0.500. The van der Waals surface area contributed by atoms with E-state index in [1.54, 1.807) is 13.2 Å². The molecular weight excluding hydrogens is 326 g/mol. The summed E-state index contributed by atoms with van der Waals surface area (Å²) in [4.78, 5) is 12.9. The first-order valence-electron chi connectivity index (χ1n) is 6.32. The zero-order chi connectivity index (χ0) is 13.9. The third-order valence-electron chi connectivity index (χ3n) is 3.61. The second-order valence-electron chi connectivity index (χ2n) is 5.09. The third kappa shape index (κ3) is 3.97. The van der Waals surface area contributed by atoms with Crippen LogP contribution < -0.4 is 5.32 Å². The summed E-state index contributed by atoms with van der Waals surface area (Å²) in [6, 6.07) is 5.47. The summed E-state index contributed by atoms with van der Waals surface area (Å²) in [5.74, 6) is -0.0496. The molecule has 1 aliphatic carbocycles. The molecule has 2 rings (SSSR count). The van der Waals surface area contributed by atoms with Crippen LogP contribution in [0.25, 0.3) is 0 Å². The van der Waals surface area contributed by atoms with Gasteiger partial charge in [0.1, 0.15) is 0 Å². The molecule has 1 aliphatic rings. The lowest BCUT2D eigenvalue weighted by Crippen LogP contribution is -2.31. The number of carbonyl (C=O) groups excluding carboxylic acids is 1. The van der Waals surface area contributed by atoms with E-state index in [9.17, 15) is 4.79 Å². The van der Waals surface area contributed by atoms with Crippen molar-refractivity contribution in [2.45, 2.75) is 24.2 Å². The van der Waals surface area contributed by atoms with Gasteiger partial charge in [-0.3, -0.25) is 4.79 Å². The highest BCUT2D eigenvalue weighted by molar-refractivity contribution is 9.10. The quantitative estimate of drug-likeness (QED) is 0.778. The Bertz CT molecular complexity index is 475. The van der Waals surface area contributed by atoms with Crippen LogP contribution in [0.5, 0.6) is 0 Å². The van der Waals surface area contributed by atoms with Crippen LogP contribution in [0.2, 0.25) is 0 Å². The zero-order valence-electron chi connectivity index (χ0n) is 10.9. The van der Waals surface area contributed by atoms with E-state index in [0.717, 1.165) is 28.9 Å². The first-order valence-corrected chi connectivity index (χ1v) is 7.56. The highest BCUT2D eigenvalue weighted by Crippen LogP contribution is 2.48. The maximum atomic E-state index is 12.2. The number of ether oxygens (including phenoxy) is 1. The number of benzene rings is 1. The fourth-order valence-corrected chi connectivity index (χ4v) is 2.69. The van der Waals surface area contributed by atoms with Gasteiger partial charge < -0.3 is 10.1 Å². The predicted molar refractivity (Wildman–Crippen MR) is 81.9 cm³/mol. The van der Waals surface area contributed by atoms with Crippen molar-refractivity contribution in [2.75, 3.05) is 20.3 Å². The first-order chi connectivity index (χ1) is 9.06. The van der Waals surface area contributed by atoms with E-state index in [1.807, 2.05) is 12.1 Å². The molecule has 104 valence electrons. The number of hydrogen-bond acceptors (Lipinski definition) is 3. The highest BCUT2D eigenvalue weighted by atomic mass is 79.9. The summed E-state index contributed by atoms with van der Waals surface area (Å²) >= 11 is 7.66. The number of halogens is 1. The van der Waals surface area contributed by atoms with E-state index >= 15 is 0 Å². The van der Waals surface area contributed by atoms with Gasteiger partial charge in [0.05, 0.1) is 5.56 Å². The van der Waals surface area contributed by atoms with Crippen molar-refractivity contribution >= 4 is 34.5 Å². The number of methoxy groups -OCH3 is 1. The van der Waals surface area contributed by atoms with Gasteiger partial charge in [-0.15, -0.1) is 12.6 Å². The van der Waals surface area contributed by atoms with E-state index in [-0.39, 0.29) is 11.3 Å². The molecule has 0 atom stereocenters. The third-order valence-corrected chi connectivity index (χ3v) is 4.58. The van der Waals surface area contributed by atoms with Gasteiger partial charge in [-0.25, -0.2) is 0 Å². The van der Waals surface area contributed by atoms with E-state index in [0.29, 0.717) is 5.56 Å². The molecule has 1 fully saturated rings. The topological polar surface area (TPSA) is 38.3 Å². The van der Waals surface area contributed by atoms with Gasteiger partial charge in [-0.2, -0.15) is 0 Å². The molecule has 5 heteroatoms. The molecule has 1 aromatic carbocycles. The van der Waals surface area contributed by atoms with Gasteiger partial charge in [0, 0.05) is 29.6 Å². The van der Waals surface area contributed by atoms with Crippen LogP contribution in [-0.4, -0.2) is 26.2 Å². The van der Waals surface area contributed by atoms with Crippen LogP contribution in [0, 0.1) is 5.41 Å². The molecule has 0 spiro atoms. The van der Waals surface area contributed by atoms with Crippen molar-refractivity contribution in [3.8, 4) is 0 Å². The number of carbonyl (C=O) groups is 1. The first kappa shape index (κ1) is 14.9. The summed E-state index contributed by atoms with van der Waals surface area (Å²) in [5, 5.41) is 3.02. The molecule has 0 saturated heterocycles. The van der Waals surface area contributed by atoms with Gasteiger partial charge in [0.15, 0.2) is 0 Å². The predicted octanol–water partition coefficient (Wildman–Crippen LogP) is 3.28. The molecule has 0 radical (unpaired) electrons. The van der Waals surface area contributed by atoms with Gasteiger partial charge in [-0.1, -0.05) is 0 Å². The second-order valence-corrected chi connectivity index (χ2v) is 6.46. The van der Waals surface area contributed by atoms with E-state index < -0.39 is 0 Å². The molecule has 0 aliphatic heterocycles. The Morgan fingerprint density at radius 1 is 1.53 bits per heavy atom. The van der Waals surface area contributed by atoms with Crippen LogP contribution in [0.15, 0.2) is 27.6 Å². The maximum absolute atomic E-state index is 12.2. The number of rotatable bonds is 6. The van der Waals surface area contributed by atoms with Crippen LogP contribution in [0.4, 0.5) is 0 Å². The Kier molecular flexibility index (Phi) is 4.92. The summed E-state index contributed by atoms with van der Waals surface area (Å²) in [6.07, 6.45) is 3.35. The summed E-state index contributed by atoms with van der Waals surface area (Å²) in [7, 11) is 1.71. The minimum absolute atomic E-state index is 0.0496. The normalized spacial score (nSPS) is 16.2. The molecule has 1 amide bonds. The molecule has 0 heterocycles. The van der Waals surface area contributed by atoms with Crippen molar-refractivity contribution in [3.05, 3.63) is 28.2 Å². The number of hydrogen-bond donors (Lipinski definition) is 2. The fourth-order valence-electron chi connectivity index (χ4n) is 2.06. The van der Waals surface area contributed by atoms with Crippen LogP contribution in [0.3, 0.4) is 0 Å². The Labute approximate surface area is 127 Å². The van der Waals surface area contributed by atoms with Crippen LogP contribution in [-0.2, 0) is 4.74 Å². The van der Waals surface area contributed by atoms with Crippen molar-refractivity contribution in [1.82, 2.24) is 5.32 Å². The summed E-state index contributed by atoms with van der Waals surface area (Å²) in [5.41, 5.74) is 0.895. The lowest BCUT2D eigenvalue weighted by Gasteiger charge is -2.16. The van der Waals surface area contributed by atoms with Crippen molar-refractivity contribution in [3.63, 3.8) is 0 Å². The smallest absolute Gasteiger partial charge is 0.252 e. The summed E-state index contributed by atoms with van der Waals surface area (Å²) in [6.45, 7) is 1.48. The SMILES string of the molecule is COCCC1(CNC(=O)c2cc(S)ccc2Br)CC1. The average Bonchev–Trinajstić information content (AvgIpc) is 3.17. The van der Waals surface area contributed by atoms with Gasteiger partial charge in [0.25, 0.3) is 5.91 Å². The minimum Gasteiger partial charge on any atom is -0.385 e. The molecule has 3 nitrogen and oxygen atoms in total. The van der Waals surface area contributed by atoms with Crippen molar-refractivity contribution in [1.29, 1.82) is 0 Å². The van der Waals surface area contributed by atoms with Crippen LogP contribution >= 0.6 is 28.6 Å². The van der Waals surface area contributed by atoms with Gasteiger partial charge in [-0.05, 0) is 58.8 Å². The van der Waals surface area contributed by atoms with E-state index in [1.165, 1.54) is 12.8 Å². The Hall–Kier alpha value is -0.520. The lowest BCUT2D eigenvalue weighted by molar-refractivity contribution is 0.0937. The van der Waals surface area contributed by atoms with E-state index in [4.69, 9.17) is 4.74 Å². The minimum atomic E-state index is -0.0496. The molecule has 19 heavy (non-hydrogen) atoms. The Morgan fingerprint density at radius 3 is 2.89 bits per heavy atom. The molecule has 0 bridgehead atoms. The molecule has 1 aromatic rings. The van der Waals surface area contributed by atoms with Gasteiger partial charge in [0.2, 0.25) is 0 Å². The van der Waals surface area contributed by atoms with E-state index in [2.05, 4.69) is 33.9 Å². The molecular formula is C14H18BrNO2S. The molecule has 0 aromatic heterocycles. The average molecular weight is 344 g/mol. The molecule has 0 unspecified atom stereocenters. The van der Waals surface area contributed by atoms with Gasteiger partial charge >= 0.3 is 0 Å². The second kappa shape index (κ2) is 6.29. The monoisotopic (exact) mass is 343 g/mol. The summed E-state index contributed by atoms with van der Waals surface area (Å²) < 4.78 is 5.91.